The van der Waals surface area contributed by atoms with Crippen LogP contribution in [0.15, 0.2) is 36.5 Å². The summed E-state index contributed by atoms with van der Waals surface area (Å²) in [5.74, 6) is 0.664. The molecule has 3 nitrogen and oxygen atoms in total. The van der Waals surface area contributed by atoms with Gasteiger partial charge in [0.25, 0.3) is 0 Å². The van der Waals surface area contributed by atoms with E-state index in [1.165, 1.54) is 36.8 Å². The zero-order valence-corrected chi connectivity index (χ0v) is 11.8. The van der Waals surface area contributed by atoms with E-state index in [-0.39, 0.29) is 6.03 Å². The predicted molar refractivity (Wildman–Crippen MR) is 80.2 cm³/mol. The van der Waals surface area contributed by atoms with Crippen molar-refractivity contribution in [3.8, 4) is 0 Å². The fourth-order valence-electron chi connectivity index (χ4n) is 3.17. The Balaban J connectivity index is 1.53. The van der Waals surface area contributed by atoms with Crippen molar-refractivity contribution in [2.45, 2.75) is 38.6 Å². The van der Waals surface area contributed by atoms with Gasteiger partial charge in [0.05, 0.1) is 0 Å². The summed E-state index contributed by atoms with van der Waals surface area (Å²) in [6, 6.07) is 8.40. The Bertz CT molecular complexity index is 503. The molecule has 1 saturated carbocycles. The zero-order chi connectivity index (χ0) is 13.8. The van der Waals surface area contributed by atoms with Crippen LogP contribution < -0.4 is 5.32 Å². The van der Waals surface area contributed by atoms with Gasteiger partial charge in [-0.2, -0.15) is 0 Å². The third-order valence-electron chi connectivity index (χ3n) is 4.39. The molecule has 3 rings (SSSR count). The van der Waals surface area contributed by atoms with E-state index >= 15 is 0 Å². The first-order valence-corrected chi connectivity index (χ1v) is 7.62. The van der Waals surface area contributed by atoms with Crippen LogP contribution in [0.3, 0.4) is 0 Å². The molecule has 2 aliphatic rings. The average Bonchev–Trinajstić information content (AvgIpc) is 3.00. The number of urea groups is 1. The number of rotatable bonds is 2. The largest absolute Gasteiger partial charge is 0.321 e. The molecule has 0 radical (unpaired) electrons. The number of hydrogen-bond acceptors (Lipinski definition) is 1. The van der Waals surface area contributed by atoms with Gasteiger partial charge in [-0.3, -0.25) is 0 Å². The van der Waals surface area contributed by atoms with Crippen LogP contribution in [0.1, 0.15) is 36.8 Å². The Morgan fingerprint density at radius 1 is 1.20 bits per heavy atom. The predicted octanol–water partition coefficient (Wildman–Crippen LogP) is 3.46. The maximum atomic E-state index is 12.1. The molecule has 1 fully saturated rings. The van der Waals surface area contributed by atoms with Crippen molar-refractivity contribution in [3.63, 3.8) is 0 Å². The molecular formula is C17H22N2O. The summed E-state index contributed by atoms with van der Waals surface area (Å²) < 4.78 is 0. The summed E-state index contributed by atoms with van der Waals surface area (Å²) in [5, 5.41) is 2.92. The molecule has 1 aliphatic carbocycles. The molecule has 0 atom stereocenters. The topological polar surface area (TPSA) is 32.3 Å². The van der Waals surface area contributed by atoms with Gasteiger partial charge in [-0.05, 0) is 36.3 Å². The van der Waals surface area contributed by atoms with Crippen LogP contribution in [0.25, 0.3) is 0 Å². The number of hydrogen-bond donors (Lipinski definition) is 1. The normalized spacial score (nSPS) is 19.3. The Morgan fingerprint density at radius 3 is 2.75 bits per heavy atom. The van der Waals surface area contributed by atoms with Crippen molar-refractivity contribution in [1.29, 1.82) is 0 Å². The minimum absolute atomic E-state index is 0.0220. The molecule has 3 heteroatoms. The molecule has 0 spiro atoms. The van der Waals surface area contributed by atoms with Gasteiger partial charge >= 0.3 is 6.03 Å². The fourth-order valence-corrected chi connectivity index (χ4v) is 3.17. The molecule has 1 aromatic carbocycles. The van der Waals surface area contributed by atoms with Crippen LogP contribution in [-0.2, 0) is 13.0 Å². The van der Waals surface area contributed by atoms with Crippen LogP contribution in [-0.4, -0.2) is 17.5 Å². The Hall–Kier alpha value is -1.77. The van der Waals surface area contributed by atoms with E-state index in [0.29, 0.717) is 5.92 Å². The van der Waals surface area contributed by atoms with Crippen LogP contribution in [0.5, 0.6) is 0 Å². The average molecular weight is 270 g/mol. The van der Waals surface area contributed by atoms with Gasteiger partial charge in [0.1, 0.15) is 0 Å². The molecule has 0 bridgehead atoms. The van der Waals surface area contributed by atoms with Gasteiger partial charge in [0.15, 0.2) is 0 Å². The minimum atomic E-state index is 0.0220. The first-order chi connectivity index (χ1) is 9.83. The van der Waals surface area contributed by atoms with Crippen LogP contribution in [0, 0.1) is 5.92 Å². The molecular weight excluding hydrogens is 248 g/mol. The molecule has 0 aromatic heterocycles. The minimum Gasteiger partial charge on any atom is -0.320 e. The zero-order valence-electron chi connectivity index (χ0n) is 11.8. The number of carbonyl (C=O) groups is 1. The van der Waals surface area contributed by atoms with Gasteiger partial charge in [-0.15, -0.1) is 0 Å². The highest BCUT2D eigenvalue weighted by Gasteiger charge is 2.19. The standard InChI is InChI=1S/C17H22N2O/c20-17(18-11-9-14-5-1-2-6-14)19-12-10-15-7-3-4-8-16(15)13-19/h3-4,7-9,11,14H,1-2,5-6,10,12-13H2,(H,18,20)/b11-9+. The van der Waals surface area contributed by atoms with Crippen molar-refractivity contribution in [2.75, 3.05) is 6.54 Å². The Kier molecular flexibility index (Phi) is 4.05. The van der Waals surface area contributed by atoms with Crippen LogP contribution in [0.4, 0.5) is 4.79 Å². The van der Waals surface area contributed by atoms with Gasteiger partial charge < -0.3 is 10.2 Å². The number of fused-ring (bicyclic) bond motifs is 1. The third-order valence-corrected chi connectivity index (χ3v) is 4.39. The molecule has 20 heavy (non-hydrogen) atoms. The number of carbonyl (C=O) groups excluding carboxylic acids is 1. The van der Waals surface area contributed by atoms with Crippen molar-refractivity contribution in [2.24, 2.45) is 5.92 Å². The summed E-state index contributed by atoms with van der Waals surface area (Å²) >= 11 is 0. The number of amides is 2. The summed E-state index contributed by atoms with van der Waals surface area (Å²) in [5.41, 5.74) is 2.65. The maximum Gasteiger partial charge on any atom is 0.321 e. The smallest absolute Gasteiger partial charge is 0.320 e. The lowest BCUT2D eigenvalue weighted by Gasteiger charge is -2.28. The molecule has 1 aromatic rings. The molecule has 1 heterocycles. The Morgan fingerprint density at radius 2 is 1.95 bits per heavy atom. The van der Waals surface area contributed by atoms with Crippen molar-refractivity contribution >= 4 is 6.03 Å². The van der Waals surface area contributed by atoms with E-state index in [9.17, 15) is 4.79 Å². The summed E-state index contributed by atoms with van der Waals surface area (Å²) in [6.07, 6.45) is 10.1. The summed E-state index contributed by atoms with van der Waals surface area (Å²) in [7, 11) is 0. The maximum absolute atomic E-state index is 12.1. The van der Waals surface area contributed by atoms with Crippen LogP contribution in [0.2, 0.25) is 0 Å². The molecule has 1 aliphatic heterocycles. The Labute approximate surface area is 120 Å². The van der Waals surface area contributed by atoms with E-state index in [1.807, 2.05) is 17.2 Å². The number of benzene rings is 1. The van der Waals surface area contributed by atoms with Gasteiger partial charge in [0.2, 0.25) is 0 Å². The lowest BCUT2D eigenvalue weighted by atomic mass is 10.0. The van der Waals surface area contributed by atoms with Crippen molar-refractivity contribution < 1.29 is 4.79 Å². The summed E-state index contributed by atoms with van der Waals surface area (Å²) in [6.45, 7) is 1.53. The summed E-state index contributed by atoms with van der Waals surface area (Å²) in [4.78, 5) is 14.0. The highest BCUT2D eigenvalue weighted by Crippen LogP contribution is 2.25. The second-order valence-corrected chi connectivity index (χ2v) is 5.79. The second kappa shape index (κ2) is 6.12. The van der Waals surface area contributed by atoms with Crippen molar-refractivity contribution in [3.05, 3.63) is 47.7 Å². The second-order valence-electron chi connectivity index (χ2n) is 5.79. The molecule has 1 N–H and O–H groups in total. The molecule has 2 amide bonds. The monoisotopic (exact) mass is 270 g/mol. The van der Waals surface area contributed by atoms with Crippen molar-refractivity contribution in [1.82, 2.24) is 10.2 Å². The number of allylic oxidation sites excluding steroid dienone is 1. The van der Waals surface area contributed by atoms with E-state index in [4.69, 9.17) is 0 Å². The lowest BCUT2D eigenvalue weighted by Crippen LogP contribution is -2.40. The van der Waals surface area contributed by atoms with Gasteiger partial charge in [-0.1, -0.05) is 43.2 Å². The SMILES string of the molecule is O=C(N/C=C/C1CCCC1)N1CCc2ccccc2C1. The van der Waals surface area contributed by atoms with E-state index < -0.39 is 0 Å². The highest BCUT2D eigenvalue weighted by molar-refractivity contribution is 5.75. The third kappa shape index (κ3) is 3.03. The van der Waals surface area contributed by atoms with E-state index in [2.05, 4.69) is 29.6 Å². The van der Waals surface area contributed by atoms with E-state index in [0.717, 1.165) is 19.5 Å². The fraction of sp³-hybridized carbons (Fsp3) is 0.471. The first-order valence-electron chi connectivity index (χ1n) is 7.62. The lowest BCUT2D eigenvalue weighted by molar-refractivity contribution is 0.196. The van der Waals surface area contributed by atoms with Crippen LogP contribution >= 0.6 is 0 Å². The molecule has 106 valence electrons. The molecule has 0 saturated heterocycles. The van der Waals surface area contributed by atoms with Gasteiger partial charge in [-0.25, -0.2) is 4.79 Å². The highest BCUT2D eigenvalue weighted by atomic mass is 16.2. The number of nitrogens with one attached hydrogen (secondary N) is 1. The molecule has 0 unspecified atom stereocenters. The van der Waals surface area contributed by atoms with Gasteiger partial charge in [0, 0.05) is 19.3 Å². The number of nitrogens with zero attached hydrogens (tertiary/aromatic N) is 1. The quantitative estimate of drug-likeness (QED) is 0.877. The van der Waals surface area contributed by atoms with E-state index in [1.54, 1.807) is 0 Å². The first kappa shape index (κ1) is 13.2.